The van der Waals surface area contributed by atoms with E-state index in [-0.39, 0.29) is 17.4 Å². The molecule has 1 saturated heterocycles. The number of rotatable bonds is 14. The van der Waals surface area contributed by atoms with Gasteiger partial charge in [0, 0.05) is 36.7 Å². The highest BCUT2D eigenvalue weighted by Gasteiger charge is 2.44. The molecule has 2 heterocycles. The Morgan fingerprint density at radius 2 is 1.80 bits per heavy atom. The van der Waals surface area contributed by atoms with E-state index in [1.54, 1.807) is 60.7 Å². The minimum absolute atomic E-state index is 0.0397. The van der Waals surface area contributed by atoms with Gasteiger partial charge in [-0.1, -0.05) is 48.5 Å². The van der Waals surface area contributed by atoms with E-state index in [4.69, 9.17) is 9.47 Å². The summed E-state index contributed by atoms with van der Waals surface area (Å²) in [6.45, 7) is 2.75. The highest BCUT2D eigenvalue weighted by molar-refractivity contribution is 5.87. The predicted octanol–water partition coefficient (Wildman–Crippen LogP) is 3.20. The van der Waals surface area contributed by atoms with E-state index >= 15 is 0 Å². The number of hydrogen-bond donors (Lipinski definition) is 5. The standard InChI is InChI=1S/C34H39N3O7/c1-37-21-26(22-37)44-33(41)34(42,23-9-4-2-5-10-23)24-11-8-12-25(19-24)43-18-7-3-6-17-35-20-30(39)27-13-15-29(38)32-28(27)14-16-31(40)36-32/h2,4-5,8-16,19,26,30,35,38-39,42H,3,6-7,17-18,20-22H2,1H3,(H,36,40)/t30-,34?/m0/s1. The first-order valence-corrected chi connectivity index (χ1v) is 14.9. The lowest BCUT2D eigenvalue weighted by atomic mass is 9.86. The van der Waals surface area contributed by atoms with Crippen LogP contribution in [0.25, 0.3) is 10.9 Å². The van der Waals surface area contributed by atoms with Crippen LogP contribution in [0, 0.1) is 0 Å². The van der Waals surface area contributed by atoms with Crippen LogP contribution in [0.5, 0.6) is 11.5 Å². The first kappa shape index (κ1) is 31.2. The Bertz CT molecular complexity index is 1620. The number of likely N-dealkylation sites (N-methyl/N-ethyl adjacent to an activating group) is 1. The van der Waals surface area contributed by atoms with Gasteiger partial charge in [0.05, 0.1) is 18.2 Å². The number of aliphatic hydroxyl groups excluding tert-OH is 1. The Balaban J connectivity index is 1.09. The van der Waals surface area contributed by atoms with Crippen molar-refractivity contribution in [2.45, 2.75) is 37.1 Å². The van der Waals surface area contributed by atoms with Gasteiger partial charge in [0.1, 0.15) is 17.6 Å². The number of likely N-dealkylation sites (tertiary alicyclic amines) is 1. The first-order chi connectivity index (χ1) is 21.3. The Hall–Kier alpha value is -4.22. The summed E-state index contributed by atoms with van der Waals surface area (Å²) in [6.07, 6.45) is 1.50. The van der Waals surface area contributed by atoms with Gasteiger partial charge in [-0.15, -0.1) is 0 Å². The van der Waals surface area contributed by atoms with Crippen molar-refractivity contribution < 1.29 is 29.6 Å². The molecule has 0 saturated carbocycles. The quantitative estimate of drug-likeness (QED) is 0.109. The van der Waals surface area contributed by atoms with Crippen LogP contribution in [0.3, 0.4) is 0 Å². The van der Waals surface area contributed by atoms with Crippen LogP contribution in [0.4, 0.5) is 0 Å². The van der Waals surface area contributed by atoms with Crippen LogP contribution in [-0.4, -0.2) is 77.1 Å². The van der Waals surface area contributed by atoms with Crippen LogP contribution in [0.2, 0.25) is 0 Å². The van der Waals surface area contributed by atoms with E-state index in [9.17, 15) is 24.9 Å². The highest BCUT2D eigenvalue weighted by Crippen LogP contribution is 2.34. The fraction of sp³-hybridized carbons (Fsp3) is 0.353. The smallest absolute Gasteiger partial charge is 0.348 e. The molecular weight excluding hydrogens is 562 g/mol. The summed E-state index contributed by atoms with van der Waals surface area (Å²) in [5, 5.41) is 36.4. The molecule has 5 N–H and O–H groups in total. The van der Waals surface area contributed by atoms with E-state index in [1.165, 1.54) is 12.1 Å². The van der Waals surface area contributed by atoms with Gasteiger partial charge >= 0.3 is 5.97 Å². The van der Waals surface area contributed by atoms with Crippen LogP contribution in [0.1, 0.15) is 42.1 Å². The van der Waals surface area contributed by atoms with Crippen LogP contribution >= 0.6 is 0 Å². The molecule has 0 aliphatic carbocycles. The van der Waals surface area contributed by atoms with Crippen molar-refractivity contribution in [1.29, 1.82) is 0 Å². The molecule has 5 rings (SSSR count). The maximum atomic E-state index is 13.3. The summed E-state index contributed by atoms with van der Waals surface area (Å²) < 4.78 is 11.6. The monoisotopic (exact) mass is 601 g/mol. The van der Waals surface area contributed by atoms with Crippen LogP contribution < -0.4 is 15.6 Å². The molecule has 0 radical (unpaired) electrons. The number of phenolic OH excluding ortho intramolecular Hbond substituents is 1. The normalized spacial score (nSPS) is 15.8. The molecule has 232 valence electrons. The van der Waals surface area contributed by atoms with E-state index in [0.717, 1.165) is 19.3 Å². The molecule has 1 unspecified atom stereocenters. The number of hydrogen-bond acceptors (Lipinski definition) is 9. The molecule has 1 aliphatic rings. The lowest BCUT2D eigenvalue weighted by Gasteiger charge is -2.37. The molecule has 10 nitrogen and oxygen atoms in total. The number of esters is 1. The fourth-order valence-electron chi connectivity index (χ4n) is 5.46. The maximum absolute atomic E-state index is 13.3. The number of phenols is 1. The molecule has 0 bridgehead atoms. The van der Waals surface area contributed by atoms with Gasteiger partial charge in [-0.05, 0) is 68.2 Å². The number of pyridine rings is 1. The third kappa shape index (κ3) is 7.11. The Kier molecular flexibility index (Phi) is 9.96. The van der Waals surface area contributed by atoms with E-state index in [0.29, 0.717) is 66.1 Å². The minimum atomic E-state index is -1.96. The molecule has 44 heavy (non-hydrogen) atoms. The van der Waals surface area contributed by atoms with E-state index in [2.05, 4.69) is 10.3 Å². The topological polar surface area (TPSA) is 144 Å². The number of aromatic hydroxyl groups is 1. The largest absolute Gasteiger partial charge is 0.506 e. The SMILES string of the molecule is CN1CC(OC(=O)C(O)(c2ccccc2)c2cccc(OCCCCCNC[C@H](O)c3ccc(O)c4[nH]c(=O)ccc34)c2)C1. The fourth-order valence-corrected chi connectivity index (χ4v) is 5.46. The summed E-state index contributed by atoms with van der Waals surface area (Å²) in [5.41, 5.74) is -0.531. The lowest BCUT2D eigenvalue weighted by molar-refractivity contribution is -0.175. The van der Waals surface area contributed by atoms with Crippen molar-refractivity contribution in [3.05, 3.63) is 106 Å². The Morgan fingerprint density at radius 3 is 2.57 bits per heavy atom. The second-order valence-corrected chi connectivity index (χ2v) is 11.3. The zero-order valence-electron chi connectivity index (χ0n) is 24.7. The van der Waals surface area contributed by atoms with Crippen molar-refractivity contribution in [1.82, 2.24) is 15.2 Å². The third-order valence-electron chi connectivity index (χ3n) is 7.91. The zero-order valence-corrected chi connectivity index (χ0v) is 24.7. The second kappa shape index (κ2) is 14.0. The van der Waals surface area contributed by atoms with Crippen molar-refractivity contribution in [3.8, 4) is 11.5 Å². The van der Waals surface area contributed by atoms with E-state index in [1.807, 2.05) is 18.0 Å². The van der Waals surface area contributed by atoms with Gasteiger partial charge < -0.3 is 35.1 Å². The van der Waals surface area contributed by atoms with Crippen LogP contribution in [0.15, 0.2) is 83.7 Å². The number of carbonyl (C=O) groups is 1. The molecule has 2 atom stereocenters. The Labute approximate surface area is 255 Å². The number of aromatic amines is 1. The van der Waals surface area contributed by atoms with Gasteiger partial charge in [0.25, 0.3) is 0 Å². The molecule has 3 aromatic carbocycles. The first-order valence-electron chi connectivity index (χ1n) is 14.9. The molecule has 1 fully saturated rings. The number of benzene rings is 3. The summed E-state index contributed by atoms with van der Waals surface area (Å²) >= 11 is 0. The molecule has 0 spiro atoms. The minimum Gasteiger partial charge on any atom is -0.506 e. The molecule has 1 aromatic heterocycles. The van der Waals surface area contributed by atoms with Crippen molar-refractivity contribution in [3.63, 3.8) is 0 Å². The molecule has 4 aromatic rings. The average Bonchev–Trinajstić information content (AvgIpc) is 3.02. The number of fused-ring (bicyclic) bond motifs is 1. The number of H-pyrrole nitrogens is 1. The maximum Gasteiger partial charge on any atom is 0.348 e. The number of aliphatic hydroxyl groups is 2. The van der Waals surface area contributed by atoms with Gasteiger partial charge in [0.15, 0.2) is 0 Å². The van der Waals surface area contributed by atoms with Gasteiger partial charge in [-0.25, -0.2) is 4.79 Å². The summed E-state index contributed by atoms with van der Waals surface area (Å²) in [4.78, 5) is 29.6. The summed E-state index contributed by atoms with van der Waals surface area (Å²) in [7, 11) is 1.95. The van der Waals surface area contributed by atoms with E-state index < -0.39 is 17.7 Å². The molecule has 10 heteroatoms. The van der Waals surface area contributed by atoms with Crippen molar-refractivity contribution in [2.24, 2.45) is 0 Å². The summed E-state index contributed by atoms with van der Waals surface area (Å²) in [5.74, 6) is -0.191. The third-order valence-corrected chi connectivity index (χ3v) is 7.91. The second-order valence-electron chi connectivity index (χ2n) is 11.3. The average molecular weight is 602 g/mol. The number of unbranched alkanes of at least 4 members (excludes halogenated alkanes) is 2. The Morgan fingerprint density at radius 1 is 1.02 bits per heavy atom. The lowest BCUT2D eigenvalue weighted by Crippen LogP contribution is -2.53. The summed E-state index contributed by atoms with van der Waals surface area (Å²) in [6, 6.07) is 21.8. The molecule has 1 aliphatic heterocycles. The number of aromatic nitrogens is 1. The van der Waals surface area contributed by atoms with Crippen LogP contribution in [-0.2, 0) is 15.1 Å². The molecular formula is C34H39N3O7. The number of carbonyl (C=O) groups excluding carboxylic acids is 1. The number of nitrogens with one attached hydrogen (secondary N) is 2. The van der Waals surface area contributed by atoms with Gasteiger partial charge in [-0.3, -0.25) is 9.69 Å². The van der Waals surface area contributed by atoms with Gasteiger partial charge in [-0.2, -0.15) is 0 Å². The number of nitrogens with zero attached hydrogens (tertiary/aromatic N) is 1. The molecule has 0 amide bonds. The van der Waals surface area contributed by atoms with Gasteiger partial charge in [0.2, 0.25) is 11.2 Å². The zero-order chi connectivity index (χ0) is 31.1. The predicted molar refractivity (Wildman–Crippen MR) is 167 cm³/mol. The van der Waals surface area contributed by atoms with Crippen molar-refractivity contribution >= 4 is 16.9 Å². The highest BCUT2D eigenvalue weighted by atomic mass is 16.6. The van der Waals surface area contributed by atoms with Crippen molar-refractivity contribution in [2.75, 3.05) is 39.8 Å². The number of ether oxygens (including phenoxy) is 2.